The number of benzene rings is 1. The molecule has 3 N–H and O–H groups in total. The van der Waals surface area contributed by atoms with Crippen LogP contribution in [0.15, 0.2) is 24.3 Å². The Bertz CT molecular complexity index is 977. The van der Waals surface area contributed by atoms with Crippen molar-refractivity contribution in [1.29, 1.82) is 0 Å². The van der Waals surface area contributed by atoms with Crippen molar-refractivity contribution in [3.05, 3.63) is 34.9 Å². The van der Waals surface area contributed by atoms with Crippen LogP contribution in [0.2, 0.25) is 5.02 Å². The second-order valence-corrected chi connectivity index (χ2v) is 10.6. The first kappa shape index (κ1) is 33.2. The van der Waals surface area contributed by atoms with E-state index in [4.69, 9.17) is 17.3 Å². The number of amides is 5. The molecule has 212 valence electrons. The van der Waals surface area contributed by atoms with Gasteiger partial charge in [-0.05, 0) is 37.3 Å². The third-order valence-corrected chi connectivity index (χ3v) is 7.05. The molecule has 0 spiro atoms. The lowest BCUT2D eigenvalue weighted by Gasteiger charge is -2.35. The van der Waals surface area contributed by atoms with E-state index < -0.39 is 41.8 Å². The molecule has 0 saturated carbocycles. The van der Waals surface area contributed by atoms with Crippen LogP contribution in [0.1, 0.15) is 38.7 Å². The molecule has 0 radical (unpaired) electrons. The van der Waals surface area contributed by atoms with Crippen LogP contribution in [0, 0.1) is 0 Å². The predicted molar refractivity (Wildman–Crippen MR) is 151 cm³/mol. The van der Waals surface area contributed by atoms with Gasteiger partial charge in [0.2, 0.25) is 29.5 Å². The van der Waals surface area contributed by atoms with Crippen LogP contribution in [0.4, 0.5) is 0 Å². The van der Waals surface area contributed by atoms with Crippen LogP contribution in [-0.2, 0) is 30.4 Å². The summed E-state index contributed by atoms with van der Waals surface area (Å²) in [6, 6.07) is 4.32. The molecule has 0 unspecified atom stereocenters. The minimum absolute atomic E-state index is 0.186. The molecule has 0 aliphatic heterocycles. The van der Waals surface area contributed by atoms with Gasteiger partial charge in [0.25, 0.3) is 0 Å². The number of hydrogen-bond acceptors (Lipinski definition) is 6. The maximum absolute atomic E-state index is 13.5. The Balaban J connectivity index is 3.13. The third-order valence-electron chi connectivity index (χ3n) is 6.25. The number of primary amides is 1. The van der Waals surface area contributed by atoms with Crippen LogP contribution in [0.3, 0.4) is 0 Å². The lowest BCUT2D eigenvalue weighted by atomic mass is 10.0. The van der Waals surface area contributed by atoms with E-state index in [2.05, 4.69) is 5.32 Å². The summed E-state index contributed by atoms with van der Waals surface area (Å²) in [5.74, 6) is -2.05. The minimum Gasteiger partial charge on any atom is -0.368 e. The molecular weight excluding hydrogens is 530 g/mol. The standard InChI is InChI=1S/C26H40ClN5O5S/c1-7-8-9-21(26(37)30(3)15-22(28)33)32(5)24(35)17(2)31(4)25(36)20(29-23(34)16-38-6)14-18-10-12-19(27)13-11-18/h10-13,17,20-21H,7-9,14-16H2,1-6H3,(H2,28,33)(H,29,34)/t17-,20-,21-/m0/s1. The van der Waals surface area contributed by atoms with E-state index in [1.54, 1.807) is 37.4 Å². The maximum Gasteiger partial charge on any atom is 0.245 e. The largest absolute Gasteiger partial charge is 0.368 e. The highest BCUT2D eigenvalue weighted by molar-refractivity contribution is 7.99. The number of unbranched alkanes of at least 4 members (excludes halogenated alkanes) is 1. The summed E-state index contributed by atoms with van der Waals surface area (Å²) >= 11 is 7.31. The van der Waals surface area contributed by atoms with Gasteiger partial charge in [0.05, 0.1) is 12.3 Å². The smallest absolute Gasteiger partial charge is 0.245 e. The van der Waals surface area contributed by atoms with E-state index in [0.29, 0.717) is 17.9 Å². The quantitative estimate of drug-likeness (QED) is 0.329. The van der Waals surface area contributed by atoms with Crippen molar-refractivity contribution in [2.75, 3.05) is 39.7 Å². The third kappa shape index (κ3) is 10.2. The molecule has 5 amide bonds. The van der Waals surface area contributed by atoms with Crippen LogP contribution >= 0.6 is 23.4 Å². The summed E-state index contributed by atoms with van der Waals surface area (Å²) in [5, 5.41) is 3.33. The zero-order valence-corrected chi connectivity index (χ0v) is 24.6. The summed E-state index contributed by atoms with van der Waals surface area (Å²) in [6.07, 6.45) is 3.89. The van der Waals surface area contributed by atoms with Crippen molar-refractivity contribution >= 4 is 52.9 Å². The SMILES string of the molecule is CCCC[C@@H](C(=O)N(C)CC(N)=O)N(C)C(=O)[C@H](C)N(C)C(=O)[C@H](Cc1ccc(Cl)cc1)NC(=O)CSC. The number of hydrogen-bond donors (Lipinski definition) is 2. The van der Waals surface area contributed by atoms with E-state index >= 15 is 0 Å². The van der Waals surface area contributed by atoms with Crippen LogP contribution < -0.4 is 11.1 Å². The van der Waals surface area contributed by atoms with Gasteiger partial charge < -0.3 is 25.8 Å². The van der Waals surface area contributed by atoms with Gasteiger partial charge in [0, 0.05) is 32.6 Å². The van der Waals surface area contributed by atoms with Crippen molar-refractivity contribution in [3.63, 3.8) is 0 Å². The van der Waals surface area contributed by atoms with Crippen molar-refractivity contribution in [2.24, 2.45) is 5.73 Å². The molecule has 0 fully saturated rings. The predicted octanol–water partition coefficient (Wildman–Crippen LogP) is 1.54. The zero-order valence-electron chi connectivity index (χ0n) is 23.0. The number of nitrogens with one attached hydrogen (secondary N) is 1. The first-order valence-electron chi connectivity index (χ1n) is 12.4. The first-order chi connectivity index (χ1) is 17.8. The Morgan fingerprint density at radius 1 is 1.00 bits per heavy atom. The molecule has 0 saturated heterocycles. The molecule has 0 heterocycles. The van der Waals surface area contributed by atoms with E-state index in [9.17, 15) is 24.0 Å². The molecule has 0 aliphatic carbocycles. The number of likely N-dealkylation sites (N-methyl/N-ethyl adjacent to an activating group) is 3. The van der Waals surface area contributed by atoms with Crippen molar-refractivity contribution < 1.29 is 24.0 Å². The van der Waals surface area contributed by atoms with Crippen molar-refractivity contribution in [1.82, 2.24) is 20.0 Å². The number of nitrogens with two attached hydrogens (primary N) is 1. The van der Waals surface area contributed by atoms with Crippen LogP contribution in [-0.4, -0.2) is 102 Å². The van der Waals surface area contributed by atoms with Gasteiger partial charge in [0.1, 0.15) is 18.1 Å². The number of carbonyl (C=O) groups excluding carboxylic acids is 5. The number of carbonyl (C=O) groups is 5. The number of halogens is 1. The molecule has 0 aliphatic rings. The average Bonchev–Trinajstić information content (AvgIpc) is 2.87. The summed E-state index contributed by atoms with van der Waals surface area (Å²) in [5.41, 5.74) is 6.03. The molecule has 1 aromatic rings. The van der Waals surface area contributed by atoms with Crippen LogP contribution in [0.25, 0.3) is 0 Å². The lowest BCUT2D eigenvalue weighted by molar-refractivity contribution is -0.150. The molecule has 1 rings (SSSR count). The van der Waals surface area contributed by atoms with Gasteiger partial charge >= 0.3 is 0 Å². The second-order valence-electron chi connectivity index (χ2n) is 9.28. The summed E-state index contributed by atoms with van der Waals surface area (Å²) in [4.78, 5) is 67.5. The zero-order chi connectivity index (χ0) is 29.0. The molecular formula is C26H40ClN5O5S. The van der Waals surface area contributed by atoms with Gasteiger partial charge in [-0.2, -0.15) is 11.8 Å². The maximum atomic E-state index is 13.5. The highest BCUT2D eigenvalue weighted by atomic mass is 35.5. The minimum atomic E-state index is -0.920. The van der Waals surface area contributed by atoms with Gasteiger partial charge in [-0.15, -0.1) is 0 Å². The van der Waals surface area contributed by atoms with E-state index in [0.717, 1.165) is 12.0 Å². The Morgan fingerprint density at radius 2 is 1.61 bits per heavy atom. The molecule has 0 aromatic heterocycles. The summed E-state index contributed by atoms with van der Waals surface area (Å²) < 4.78 is 0. The molecule has 0 bridgehead atoms. The first-order valence-corrected chi connectivity index (χ1v) is 14.2. The Kier molecular flexibility index (Phi) is 14.2. The summed E-state index contributed by atoms with van der Waals surface area (Å²) in [6.45, 7) is 3.28. The van der Waals surface area contributed by atoms with E-state index in [1.807, 2.05) is 6.92 Å². The molecule has 12 heteroatoms. The Labute approximate surface area is 234 Å². The molecule has 1 aromatic carbocycles. The van der Waals surface area contributed by atoms with Crippen LogP contribution in [0.5, 0.6) is 0 Å². The normalized spacial score (nSPS) is 13.1. The number of nitrogens with zero attached hydrogens (tertiary/aromatic N) is 3. The van der Waals surface area contributed by atoms with Crippen molar-refractivity contribution in [2.45, 2.75) is 57.7 Å². The number of rotatable bonds is 15. The second kappa shape index (κ2) is 16.2. The molecule has 3 atom stereocenters. The molecule has 38 heavy (non-hydrogen) atoms. The fourth-order valence-corrected chi connectivity index (χ4v) is 4.39. The summed E-state index contributed by atoms with van der Waals surface area (Å²) in [7, 11) is 4.47. The average molecular weight is 570 g/mol. The fourth-order valence-electron chi connectivity index (χ4n) is 3.92. The van der Waals surface area contributed by atoms with Gasteiger partial charge in [-0.3, -0.25) is 24.0 Å². The molecule has 10 nitrogen and oxygen atoms in total. The van der Waals surface area contributed by atoms with Crippen molar-refractivity contribution in [3.8, 4) is 0 Å². The highest BCUT2D eigenvalue weighted by Gasteiger charge is 2.35. The van der Waals surface area contributed by atoms with Gasteiger partial charge in [-0.25, -0.2) is 0 Å². The Morgan fingerprint density at radius 3 is 2.13 bits per heavy atom. The number of thioether (sulfide) groups is 1. The van der Waals surface area contributed by atoms with Gasteiger partial charge in [-0.1, -0.05) is 43.5 Å². The lowest BCUT2D eigenvalue weighted by Crippen LogP contribution is -2.57. The highest BCUT2D eigenvalue weighted by Crippen LogP contribution is 2.16. The van der Waals surface area contributed by atoms with E-state index in [1.165, 1.54) is 47.6 Å². The Hall–Kier alpha value is -2.79. The monoisotopic (exact) mass is 569 g/mol. The van der Waals surface area contributed by atoms with E-state index in [-0.39, 0.29) is 24.6 Å². The fraction of sp³-hybridized carbons (Fsp3) is 0.577. The van der Waals surface area contributed by atoms with Gasteiger partial charge in [0.15, 0.2) is 0 Å². The topological polar surface area (TPSA) is 133 Å².